The third-order valence-electron chi connectivity index (χ3n) is 6.07. The number of rotatable bonds is 8. The normalized spacial score (nSPS) is 18.6. The first-order chi connectivity index (χ1) is 17.0. The number of halogens is 1. The number of hydrogen-bond acceptors (Lipinski definition) is 6. The second kappa shape index (κ2) is 11.8. The summed E-state index contributed by atoms with van der Waals surface area (Å²) in [6.07, 6.45) is 9.47. The van der Waals surface area contributed by atoms with E-state index in [4.69, 9.17) is 31.0 Å². The van der Waals surface area contributed by atoms with Crippen molar-refractivity contribution in [3.63, 3.8) is 0 Å². The van der Waals surface area contributed by atoms with Crippen LogP contribution in [0.2, 0.25) is 0 Å². The fourth-order valence-corrected chi connectivity index (χ4v) is 4.61. The fourth-order valence-electron chi connectivity index (χ4n) is 4.39. The average Bonchev–Trinajstić information content (AvgIpc) is 3.29. The molecule has 2 unspecified atom stereocenters. The zero-order valence-electron chi connectivity index (χ0n) is 21.8. The number of nitrogens with zero attached hydrogens (tertiary/aromatic N) is 2. The van der Waals surface area contributed by atoms with Crippen LogP contribution in [0, 0.1) is 11.8 Å². The minimum atomic E-state index is -0.499. The van der Waals surface area contributed by atoms with Gasteiger partial charge in [0.2, 0.25) is 0 Å². The Morgan fingerprint density at radius 2 is 1.92 bits per heavy atom. The quantitative estimate of drug-likeness (QED) is 0.286. The number of allylic oxidation sites excluding steroid dienone is 5. The lowest BCUT2D eigenvalue weighted by atomic mass is 9.96. The topological polar surface area (TPSA) is 78.4 Å². The van der Waals surface area contributed by atoms with Crippen molar-refractivity contribution in [3.05, 3.63) is 65.0 Å². The molecule has 0 amide bonds. The molecular formula is C29H35ClN2O4. The SMILES string of the molecule is C=C(C=CC(Cl)=CCC)c1nc2ccc(C(=O)OC)cc2nc1CC1CCC(C(=O)OC(C)(C)C)C1. The van der Waals surface area contributed by atoms with Gasteiger partial charge >= 0.3 is 11.9 Å². The summed E-state index contributed by atoms with van der Waals surface area (Å²) >= 11 is 6.25. The van der Waals surface area contributed by atoms with Gasteiger partial charge in [0, 0.05) is 5.03 Å². The van der Waals surface area contributed by atoms with E-state index in [1.54, 1.807) is 24.3 Å². The largest absolute Gasteiger partial charge is 0.465 e. The Morgan fingerprint density at radius 3 is 2.58 bits per heavy atom. The van der Waals surface area contributed by atoms with E-state index in [0.29, 0.717) is 39.3 Å². The van der Waals surface area contributed by atoms with Gasteiger partial charge in [-0.15, -0.1) is 0 Å². The zero-order chi connectivity index (χ0) is 26.5. The lowest BCUT2D eigenvalue weighted by Gasteiger charge is -2.22. The summed E-state index contributed by atoms with van der Waals surface area (Å²) in [5.41, 5.74) is 3.35. The Morgan fingerprint density at radius 1 is 1.17 bits per heavy atom. The second-order valence-electron chi connectivity index (χ2n) is 10.2. The van der Waals surface area contributed by atoms with E-state index in [9.17, 15) is 9.59 Å². The summed E-state index contributed by atoms with van der Waals surface area (Å²) in [7, 11) is 1.35. The number of aromatic nitrogens is 2. The first-order valence-electron chi connectivity index (χ1n) is 12.4. The van der Waals surface area contributed by atoms with Gasteiger partial charge in [0.15, 0.2) is 0 Å². The molecule has 0 spiro atoms. The van der Waals surface area contributed by atoms with Crippen LogP contribution in [0.4, 0.5) is 0 Å². The maximum absolute atomic E-state index is 12.6. The summed E-state index contributed by atoms with van der Waals surface area (Å²) in [6, 6.07) is 5.13. The Kier molecular flexibility index (Phi) is 9.07. The third kappa shape index (κ3) is 7.26. The highest BCUT2D eigenvalue weighted by Crippen LogP contribution is 2.36. The molecule has 1 aromatic heterocycles. The van der Waals surface area contributed by atoms with E-state index < -0.39 is 11.6 Å². The minimum Gasteiger partial charge on any atom is -0.465 e. The van der Waals surface area contributed by atoms with Gasteiger partial charge in [-0.1, -0.05) is 37.3 Å². The van der Waals surface area contributed by atoms with Crippen LogP contribution >= 0.6 is 11.6 Å². The Labute approximate surface area is 218 Å². The highest BCUT2D eigenvalue weighted by molar-refractivity contribution is 6.31. The molecular weight excluding hydrogens is 476 g/mol. The van der Waals surface area contributed by atoms with Crippen LogP contribution < -0.4 is 0 Å². The first kappa shape index (κ1) is 27.6. The molecule has 1 aromatic carbocycles. The predicted molar refractivity (Wildman–Crippen MR) is 144 cm³/mol. The highest BCUT2D eigenvalue weighted by atomic mass is 35.5. The van der Waals surface area contributed by atoms with Gasteiger partial charge in [-0.25, -0.2) is 14.8 Å². The summed E-state index contributed by atoms with van der Waals surface area (Å²) in [5.74, 6) is -0.414. The van der Waals surface area contributed by atoms with E-state index >= 15 is 0 Å². The number of carbonyl (C=O) groups is 2. The number of fused-ring (bicyclic) bond motifs is 1. The van der Waals surface area contributed by atoms with Gasteiger partial charge in [0.1, 0.15) is 5.60 Å². The molecule has 0 bridgehead atoms. The number of methoxy groups -OCH3 is 1. The number of esters is 2. The number of ether oxygens (including phenoxy) is 2. The molecule has 2 atom stereocenters. The zero-order valence-corrected chi connectivity index (χ0v) is 22.5. The monoisotopic (exact) mass is 510 g/mol. The Bertz CT molecular complexity index is 1210. The van der Waals surface area contributed by atoms with E-state index in [2.05, 4.69) is 6.58 Å². The van der Waals surface area contributed by atoms with Gasteiger partial charge in [-0.3, -0.25) is 4.79 Å². The molecule has 1 fully saturated rings. The highest BCUT2D eigenvalue weighted by Gasteiger charge is 2.33. The number of carbonyl (C=O) groups excluding carboxylic acids is 2. The molecule has 0 radical (unpaired) electrons. The second-order valence-corrected chi connectivity index (χ2v) is 10.6. The Hall–Kier alpha value is -2.99. The molecule has 0 saturated heterocycles. The van der Waals surface area contributed by atoms with Crippen molar-refractivity contribution in [2.75, 3.05) is 7.11 Å². The maximum atomic E-state index is 12.6. The fraction of sp³-hybridized carbons (Fsp3) is 0.448. The average molecular weight is 511 g/mol. The van der Waals surface area contributed by atoms with Crippen LogP contribution in [-0.4, -0.2) is 34.6 Å². The molecule has 1 aliphatic rings. The predicted octanol–water partition coefficient (Wildman–Crippen LogP) is 6.82. The van der Waals surface area contributed by atoms with Crippen LogP contribution in [0.5, 0.6) is 0 Å². The first-order valence-corrected chi connectivity index (χ1v) is 12.7. The van der Waals surface area contributed by atoms with Crippen LogP contribution in [0.25, 0.3) is 16.6 Å². The summed E-state index contributed by atoms with van der Waals surface area (Å²) < 4.78 is 10.5. The molecule has 2 aromatic rings. The summed E-state index contributed by atoms with van der Waals surface area (Å²) in [6.45, 7) is 11.9. The van der Waals surface area contributed by atoms with Crippen LogP contribution in [0.15, 0.2) is 48.0 Å². The molecule has 192 valence electrons. The van der Waals surface area contributed by atoms with Gasteiger partial charge < -0.3 is 9.47 Å². The van der Waals surface area contributed by atoms with Crippen molar-refractivity contribution in [3.8, 4) is 0 Å². The molecule has 0 aliphatic heterocycles. The minimum absolute atomic E-state index is 0.113. The summed E-state index contributed by atoms with van der Waals surface area (Å²) in [4.78, 5) is 34.4. The van der Waals surface area contributed by atoms with Crippen molar-refractivity contribution in [1.29, 1.82) is 0 Å². The van der Waals surface area contributed by atoms with Crippen LogP contribution in [-0.2, 0) is 20.7 Å². The van der Waals surface area contributed by atoms with Crippen molar-refractivity contribution in [1.82, 2.24) is 9.97 Å². The van der Waals surface area contributed by atoms with E-state index in [-0.39, 0.29) is 17.8 Å². The summed E-state index contributed by atoms with van der Waals surface area (Å²) in [5, 5.41) is 0.632. The number of hydrogen-bond donors (Lipinski definition) is 0. The molecule has 6 nitrogen and oxygen atoms in total. The molecule has 1 heterocycles. The van der Waals surface area contributed by atoms with Gasteiger partial charge in [0.25, 0.3) is 0 Å². The number of benzene rings is 1. The lowest BCUT2D eigenvalue weighted by molar-refractivity contribution is -0.159. The van der Waals surface area contributed by atoms with Crippen LogP contribution in [0.3, 0.4) is 0 Å². The van der Waals surface area contributed by atoms with E-state index in [0.717, 1.165) is 31.4 Å². The molecule has 36 heavy (non-hydrogen) atoms. The molecule has 3 rings (SSSR count). The van der Waals surface area contributed by atoms with Crippen molar-refractivity contribution in [2.45, 2.75) is 65.4 Å². The molecule has 1 aliphatic carbocycles. The van der Waals surface area contributed by atoms with Crippen molar-refractivity contribution in [2.24, 2.45) is 11.8 Å². The standard InChI is InChI=1S/C29H35ClN2O4/c1-7-8-22(30)13-9-18(2)26-25(16-19-10-11-20(15-19)28(34)36-29(3,4)5)31-24-17-21(27(33)35-6)12-14-23(24)32-26/h8-9,12-14,17,19-20H,2,7,10-11,15-16H2,1,3-6H3. The van der Waals surface area contributed by atoms with Gasteiger partial charge in [0.05, 0.1) is 41.0 Å². The maximum Gasteiger partial charge on any atom is 0.337 e. The smallest absolute Gasteiger partial charge is 0.337 e. The Balaban J connectivity index is 1.92. The van der Waals surface area contributed by atoms with Crippen molar-refractivity contribution < 1.29 is 19.1 Å². The van der Waals surface area contributed by atoms with Crippen molar-refractivity contribution >= 4 is 40.1 Å². The molecule has 0 N–H and O–H groups in total. The van der Waals surface area contributed by atoms with Crippen LogP contribution in [0.1, 0.15) is 75.1 Å². The molecule has 7 heteroatoms. The van der Waals surface area contributed by atoms with Gasteiger partial charge in [-0.2, -0.15) is 0 Å². The van der Waals surface area contributed by atoms with Gasteiger partial charge in [-0.05, 0) is 88.6 Å². The third-order valence-corrected chi connectivity index (χ3v) is 6.35. The van der Waals surface area contributed by atoms with E-state index in [1.165, 1.54) is 7.11 Å². The van der Waals surface area contributed by atoms with E-state index in [1.807, 2.05) is 39.8 Å². The molecule has 1 saturated carbocycles. The lowest BCUT2D eigenvalue weighted by Crippen LogP contribution is -2.27.